The molecular formula is C11H15BrN2O. The van der Waals surface area contributed by atoms with Crippen LogP contribution in [0.15, 0.2) is 22.8 Å². The number of aromatic nitrogens is 1. The van der Waals surface area contributed by atoms with Gasteiger partial charge in [-0.1, -0.05) is 6.07 Å². The number of hydrogen-bond acceptors (Lipinski definition) is 3. The molecule has 1 aliphatic rings. The van der Waals surface area contributed by atoms with Crippen LogP contribution in [0.5, 0.6) is 0 Å². The van der Waals surface area contributed by atoms with Crippen LogP contribution in [0.3, 0.4) is 0 Å². The average Bonchev–Trinajstić information content (AvgIpc) is 2.28. The first-order valence-corrected chi connectivity index (χ1v) is 6.06. The lowest BCUT2D eigenvalue weighted by atomic mass is 10.1. The van der Waals surface area contributed by atoms with Gasteiger partial charge in [-0.3, -0.25) is 0 Å². The molecule has 1 saturated heterocycles. The molecule has 2 heterocycles. The first-order valence-electron chi connectivity index (χ1n) is 5.27. The Morgan fingerprint density at radius 2 is 2.47 bits per heavy atom. The highest BCUT2D eigenvalue weighted by Gasteiger charge is 2.12. The molecule has 1 atom stereocenters. The second-order valence-corrected chi connectivity index (χ2v) is 4.56. The Labute approximate surface area is 98.4 Å². The van der Waals surface area contributed by atoms with Crippen molar-refractivity contribution in [1.82, 2.24) is 10.3 Å². The van der Waals surface area contributed by atoms with Crippen LogP contribution in [0.1, 0.15) is 18.5 Å². The summed E-state index contributed by atoms with van der Waals surface area (Å²) < 4.78 is 6.29. The van der Waals surface area contributed by atoms with Crippen LogP contribution >= 0.6 is 15.9 Å². The zero-order valence-electron chi connectivity index (χ0n) is 8.58. The van der Waals surface area contributed by atoms with Crippen molar-refractivity contribution in [3.8, 4) is 0 Å². The smallest absolute Gasteiger partial charge is 0.106 e. The highest BCUT2D eigenvalue weighted by molar-refractivity contribution is 9.10. The fourth-order valence-corrected chi connectivity index (χ4v) is 2.08. The first-order chi connectivity index (χ1) is 7.34. The molecule has 0 radical (unpaired) electrons. The van der Waals surface area contributed by atoms with Gasteiger partial charge in [0.1, 0.15) is 4.60 Å². The molecule has 0 bridgehead atoms. The Balaban J connectivity index is 1.81. The van der Waals surface area contributed by atoms with Gasteiger partial charge in [-0.15, -0.1) is 0 Å². The highest BCUT2D eigenvalue weighted by atomic mass is 79.9. The summed E-state index contributed by atoms with van der Waals surface area (Å²) in [6.07, 6.45) is 2.36. The molecule has 82 valence electrons. The van der Waals surface area contributed by atoms with Crippen LogP contribution in [0.2, 0.25) is 0 Å². The normalized spacial score (nSPS) is 21.5. The third-order valence-electron chi connectivity index (χ3n) is 2.50. The van der Waals surface area contributed by atoms with E-state index in [1.807, 2.05) is 18.2 Å². The van der Waals surface area contributed by atoms with E-state index < -0.39 is 0 Å². The zero-order valence-corrected chi connectivity index (χ0v) is 10.2. The summed E-state index contributed by atoms with van der Waals surface area (Å²) in [5, 5.41) is 3.46. The Morgan fingerprint density at radius 3 is 3.20 bits per heavy atom. The number of ether oxygens (including phenoxy) is 1. The summed E-state index contributed by atoms with van der Waals surface area (Å²) in [5.74, 6) is 0. The van der Waals surface area contributed by atoms with Crippen molar-refractivity contribution in [2.45, 2.75) is 25.4 Å². The summed E-state index contributed by atoms with van der Waals surface area (Å²) in [4.78, 5) is 4.37. The number of rotatable bonds is 3. The molecule has 1 aromatic rings. The van der Waals surface area contributed by atoms with Crippen molar-refractivity contribution in [3.63, 3.8) is 0 Å². The predicted molar refractivity (Wildman–Crippen MR) is 62.6 cm³/mol. The summed E-state index contributed by atoms with van der Waals surface area (Å²) in [6, 6.07) is 6.46. The Kier molecular flexibility index (Phi) is 4.11. The van der Waals surface area contributed by atoms with E-state index in [-0.39, 0.29) is 0 Å². The molecule has 1 fully saturated rings. The van der Waals surface area contributed by atoms with Crippen LogP contribution in [0, 0.1) is 0 Å². The van der Waals surface area contributed by atoms with Crippen LogP contribution < -0.4 is 5.32 Å². The summed E-state index contributed by atoms with van der Waals surface area (Å²) in [6.45, 7) is 2.55. The second-order valence-electron chi connectivity index (χ2n) is 3.75. The lowest BCUT2D eigenvalue weighted by Crippen LogP contribution is -2.36. The van der Waals surface area contributed by atoms with Gasteiger partial charge in [-0.2, -0.15) is 0 Å². The Morgan fingerprint density at radius 1 is 1.53 bits per heavy atom. The van der Waals surface area contributed by atoms with Crippen molar-refractivity contribution >= 4 is 15.9 Å². The van der Waals surface area contributed by atoms with Gasteiger partial charge in [-0.05, 0) is 40.9 Å². The van der Waals surface area contributed by atoms with E-state index in [2.05, 4.69) is 26.2 Å². The van der Waals surface area contributed by atoms with E-state index in [9.17, 15) is 0 Å². The molecule has 1 N–H and O–H groups in total. The van der Waals surface area contributed by atoms with Gasteiger partial charge >= 0.3 is 0 Å². The third-order valence-corrected chi connectivity index (χ3v) is 2.95. The molecular weight excluding hydrogens is 256 g/mol. The molecule has 0 amide bonds. The molecule has 2 rings (SSSR count). The van der Waals surface area contributed by atoms with Gasteiger partial charge in [0.25, 0.3) is 0 Å². The van der Waals surface area contributed by atoms with E-state index in [1.54, 1.807) is 0 Å². The number of nitrogens with zero attached hydrogens (tertiary/aromatic N) is 1. The maximum atomic E-state index is 5.40. The number of halogens is 1. The molecule has 1 aromatic heterocycles. The zero-order chi connectivity index (χ0) is 10.5. The lowest BCUT2D eigenvalue weighted by Gasteiger charge is -2.23. The average molecular weight is 271 g/mol. The van der Waals surface area contributed by atoms with Crippen LogP contribution in [-0.4, -0.2) is 24.2 Å². The molecule has 3 nitrogen and oxygen atoms in total. The first kappa shape index (κ1) is 11.0. The number of nitrogens with one attached hydrogen (secondary N) is 1. The highest BCUT2D eigenvalue weighted by Crippen LogP contribution is 2.08. The van der Waals surface area contributed by atoms with Crippen molar-refractivity contribution in [2.24, 2.45) is 0 Å². The lowest BCUT2D eigenvalue weighted by molar-refractivity contribution is 0.0698. The maximum Gasteiger partial charge on any atom is 0.106 e. The van der Waals surface area contributed by atoms with Crippen molar-refractivity contribution in [1.29, 1.82) is 0 Å². The topological polar surface area (TPSA) is 34.1 Å². The minimum Gasteiger partial charge on any atom is -0.380 e. The van der Waals surface area contributed by atoms with Gasteiger partial charge < -0.3 is 10.1 Å². The quantitative estimate of drug-likeness (QED) is 0.855. The van der Waals surface area contributed by atoms with Crippen molar-refractivity contribution in [2.75, 3.05) is 13.2 Å². The van der Waals surface area contributed by atoms with Crippen LogP contribution in [0.25, 0.3) is 0 Å². The molecule has 0 saturated carbocycles. The van der Waals surface area contributed by atoms with Crippen LogP contribution in [-0.2, 0) is 11.3 Å². The Bertz CT molecular complexity index is 313. The molecule has 0 aromatic carbocycles. The molecule has 4 heteroatoms. The summed E-state index contributed by atoms with van der Waals surface area (Å²) in [7, 11) is 0. The molecule has 15 heavy (non-hydrogen) atoms. The van der Waals surface area contributed by atoms with Crippen molar-refractivity contribution < 1.29 is 4.74 Å². The van der Waals surface area contributed by atoms with Gasteiger partial charge in [-0.25, -0.2) is 4.98 Å². The predicted octanol–water partition coefficient (Wildman–Crippen LogP) is 2.11. The molecule has 0 spiro atoms. The van der Waals surface area contributed by atoms with E-state index in [0.29, 0.717) is 6.04 Å². The van der Waals surface area contributed by atoms with E-state index in [0.717, 1.165) is 36.5 Å². The van der Waals surface area contributed by atoms with E-state index in [1.165, 1.54) is 6.42 Å². The van der Waals surface area contributed by atoms with E-state index >= 15 is 0 Å². The fourth-order valence-electron chi connectivity index (χ4n) is 1.70. The van der Waals surface area contributed by atoms with Gasteiger partial charge in [0.2, 0.25) is 0 Å². The van der Waals surface area contributed by atoms with E-state index in [4.69, 9.17) is 4.74 Å². The minimum atomic E-state index is 0.486. The second kappa shape index (κ2) is 5.58. The Hall–Kier alpha value is -0.450. The van der Waals surface area contributed by atoms with Gasteiger partial charge in [0.05, 0.1) is 12.3 Å². The maximum absolute atomic E-state index is 5.40. The fraction of sp³-hybridized carbons (Fsp3) is 0.545. The standard InChI is InChI=1S/C11H15BrN2O/c12-11-5-1-3-9(14-11)7-13-10-4-2-6-15-8-10/h1,3,5,10,13H,2,4,6-8H2. The third kappa shape index (κ3) is 3.55. The number of pyridine rings is 1. The minimum absolute atomic E-state index is 0.486. The van der Waals surface area contributed by atoms with Crippen LogP contribution in [0.4, 0.5) is 0 Å². The molecule has 1 unspecified atom stereocenters. The number of hydrogen-bond donors (Lipinski definition) is 1. The van der Waals surface area contributed by atoms with Gasteiger partial charge in [0.15, 0.2) is 0 Å². The largest absolute Gasteiger partial charge is 0.380 e. The summed E-state index contributed by atoms with van der Waals surface area (Å²) in [5.41, 5.74) is 1.06. The monoisotopic (exact) mass is 270 g/mol. The molecule has 1 aliphatic heterocycles. The summed E-state index contributed by atoms with van der Waals surface area (Å²) >= 11 is 3.36. The van der Waals surface area contributed by atoms with Gasteiger partial charge in [0, 0.05) is 19.2 Å². The SMILES string of the molecule is Brc1cccc(CNC2CCCOC2)n1. The molecule has 0 aliphatic carbocycles. The van der Waals surface area contributed by atoms with Crippen molar-refractivity contribution in [3.05, 3.63) is 28.5 Å².